The Bertz CT molecular complexity index is 803. The van der Waals surface area contributed by atoms with E-state index >= 15 is 0 Å². The Balaban J connectivity index is 1.75. The lowest BCUT2D eigenvalue weighted by molar-refractivity contribution is -0.118. The van der Waals surface area contributed by atoms with Crippen LogP contribution in [0.3, 0.4) is 0 Å². The van der Waals surface area contributed by atoms with Gasteiger partial charge < -0.3 is 9.80 Å². The van der Waals surface area contributed by atoms with Gasteiger partial charge in [0.2, 0.25) is 11.8 Å². The van der Waals surface area contributed by atoms with E-state index in [9.17, 15) is 9.59 Å². The highest BCUT2D eigenvalue weighted by Gasteiger charge is 2.25. The van der Waals surface area contributed by atoms with Gasteiger partial charge in [0.25, 0.3) is 0 Å². The van der Waals surface area contributed by atoms with E-state index in [1.807, 2.05) is 24.3 Å². The summed E-state index contributed by atoms with van der Waals surface area (Å²) in [6, 6.07) is 13.0. The number of para-hydroxylation sites is 2. The van der Waals surface area contributed by atoms with E-state index < -0.39 is 0 Å². The fourth-order valence-electron chi connectivity index (χ4n) is 3.11. The van der Waals surface area contributed by atoms with E-state index in [2.05, 4.69) is 0 Å². The van der Waals surface area contributed by atoms with Crippen LogP contribution in [0.2, 0.25) is 10.0 Å². The molecule has 0 saturated carbocycles. The molecule has 4 nitrogen and oxygen atoms in total. The molecule has 1 aliphatic heterocycles. The van der Waals surface area contributed by atoms with Gasteiger partial charge >= 0.3 is 0 Å². The number of halogens is 2. The van der Waals surface area contributed by atoms with Gasteiger partial charge in [-0.05, 0) is 30.2 Å². The van der Waals surface area contributed by atoms with Gasteiger partial charge in [-0.3, -0.25) is 9.59 Å². The van der Waals surface area contributed by atoms with Gasteiger partial charge in [0.15, 0.2) is 0 Å². The summed E-state index contributed by atoms with van der Waals surface area (Å²) in [7, 11) is 0. The number of amides is 2. The van der Waals surface area contributed by atoms with Crippen molar-refractivity contribution in [2.24, 2.45) is 0 Å². The molecule has 0 atom stereocenters. The van der Waals surface area contributed by atoms with E-state index in [1.165, 1.54) is 17.4 Å². The van der Waals surface area contributed by atoms with Crippen molar-refractivity contribution in [1.29, 1.82) is 0 Å². The molecule has 0 radical (unpaired) electrons. The number of fused-ring (bicyclic) bond motifs is 1. The van der Waals surface area contributed by atoms with Crippen molar-refractivity contribution >= 4 is 46.4 Å². The molecule has 0 aliphatic carbocycles. The molecule has 2 aromatic rings. The van der Waals surface area contributed by atoms with Crippen molar-refractivity contribution in [3.8, 4) is 0 Å². The summed E-state index contributed by atoms with van der Waals surface area (Å²) < 4.78 is 0. The largest absolute Gasteiger partial charge is 0.312 e. The molecule has 25 heavy (non-hydrogen) atoms. The standard InChI is InChI=1S/C19H18Cl2N2O2/c1-13(24)22(19-15(20)6-4-7-16(19)21)12-10-18(25)23-11-9-14-5-2-3-8-17(14)23/h2-8H,9-12H2,1H3. The van der Waals surface area contributed by atoms with Crippen LogP contribution in [0, 0.1) is 0 Å². The molecule has 0 spiro atoms. The normalized spacial score (nSPS) is 12.8. The first kappa shape index (κ1) is 17.8. The third-order valence-corrected chi connectivity index (χ3v) is 4.94. The molecular formula is C19H18Cl2N2O2. The third kappa shape index (κ3) is 3.65. The maximum atomic E-state index is 12.7. The number of carbonyl (C=O) groups is 2. The second kappa shape index (κ2) is 7.46. The van der Waals surface area contributed by atoms with Crippen molar-refractivity contribution in [3.63, 3.8) is 0 Å². The first-order valence-corrected chi connectivity index (χ1v) is 8.85. The lowest BCUT2D eigenvalue weighted by atomic mass is 10.2. The molecule has 1 aliphatic rings. The van der Waals surface area contributed by atoms with Crippen molar-refractivity contribution in [1.82, 2.24) is 0 Å². The summed E-state index contributed by atoms with van der Waals surface area (Å²) in [6.07, 6.45) is 1.06. The Morgan fingerprint density at radius 3 is 2.44 bits per heavy atom. The Hall–Kier alpha value is -2.04. The number of hydrogen-bond acceptors (Lipinski definition) is 2. The number of rotatable bonds is 4. The zero-order valence-electron chi connectivity index (χ0n) is 13.8. The minimum Gasteiger partial charge on any atom is -0.312 e. The van der Waals surface area contributed by atoms with Crippen molar-refractivity contribution in [3.05, 3.63) is 58.1 Å². The SMILES string of the molecule is CC(=O)N(CCC(=O)N1CCc2ccccc21)c1c(Cl)cccc1Cl. The maximum Gasteiger partial charge on any atom is 0.228 e. The van der Waals surface area contributed by atoms with Crippen LogP contribution in [0.4, 0.5) is 11.4 Å². The van der Waals surface area contributed by atoms with Crippen LogP contribution in [0.1, 0.15) is 18.9 Å². The van der Waals surface area contributed by atoms with E-state index in [-0.39, 0.29) is 24.8 Å². The average Bonchev–Trinajstić information content (AvgIpc) is 3.01. The van der Waals surface area contributed by atoms with Gasteiger partial charge in [0.05, 0.1) is 15.7 Å². The smallest absolute Gasteiger partial charge is 0.228 e. The summed E-state index contributed by atoms with van der Waals surface area (Å²) in [5, 5.41) is 0.781. The van der Waals surface area contributed by atoms with E-state index in [0.29, 0.717) is 22.3 Å². The van der Waals surface area contributed by atoms with E-state index in [0.717, 1.165) is 12.1 Å². The predicted octanol–water partition coefficient (Wildman–Crippen LogP) is 4.33. The fourth-order valence-corrected chi connectivity index (χ4v) is 3.71. The van der Waals surface area contributed by atoms with Crippen LogP contribution < -0.4 is 9.80 Å². The highest BCUT2D eigenvalue weighted by atomic mass is 35.5. The molecule has 130 valence electrons. The number of carbonyl (C=O) groups excluding carboxylic acids is 2. The molecule has 3 rings (SSSR count). The van der Waals surface area contributed by atoms with Gasteiger partial charge in [0, 0.05) is 32.1 Å². The summed E-state index contributed by atoms with van der Waals surface area (Å²) in [5.74, 6) is -0.219. The van der Waals surface area contributed by atoms with Crippen molar-refractivity contribution < 1.29 is 9.59 Å². The van der Waals surface area contributed by atoms with E-state index in [1.54, 1.807) is 23.1 Å². The highest BCUT2D eigenvalue weighted by Crippen LogP contribution is 2.34. The van der Waals surface area contributed by atoms with Crippen LogP contribution in [-0.4, -0.2) is 24.9 Å². The lowest BCUT2D eigenvalue weighted by Crippen LogP contribution is -2.36. The second-order valence-electron chi connectivity index (χ2n) is 5.92. The zero-order chi connectivity index (χ0) is 18.0. The van der Waals surface area contributed by atoms with Gasteiger partial charge in [-0.2, -0.15) is 0 Å². The van der Waals surface area contributed by atoms with Crippen LogP contribution in [-0.2, 0) is 16.0 Å². The number of nitrogens with zero attached hydrogens (tertiary/aromatic N) is 2. The van der Waals surface area contributed by atoms with Crippen molar-refractivity contribution in [2.75, 3.05) is 22.9 Å². The Morgan fingerprint density at radius 2 is 1.76 bits per heavy atom. The summed E-state index contributed by atoms with van der Waals surface area (Å²) in [6.45, 7) is 2.34. The Labute approximate surface area is 156 Å². The topological polar surface area (TPSA) is 40.6 Å². The quantitative estimate of drug-likeness (QED) is 0.796. The number of anilines is 2. The van der Waals surface area contributed by atoms with E-state index in [4.69, 9.17) is 23.2 Å². The minimum atomic E-state index is -0.204. The molecule has 0 aromatic heterocycles. The first-order valence-electron chi connectivity index (χ1n) is 8.09. The lowest BCUT2D eigenvalue weighted by Gasteiger charge is -2.25. The first-order chi connectivity index (χ1) is 12.0. The zero-order valence-corrected chi connectivity index (χ0v) is 15.3. The van der Waals surface area contributed by atoms with Gasteiger partial charge in [-0.1, -0.05) is 47.5 Å². The van der Waals surface area contributed by atoms with Gasteiger partial charge in [-0.15, -0.1) is 0 Å². The molecule has 1 heterocycles. The van der Waals surface area contributed by atoms with Crippen LogP contribution in [0.15, 0.2) is 42.5 Å². The molecule has 2 aromatic carbocycles. The number of benzene rings is 2. The minimum absolute atomic E-state index is 0.0145. The fraction of sp³-hybridized carbons (Fsp3) is 0.263. The third-order valence-electron chi connectivity index (χ3n) is 4.33. The molecule has 0 unspecified atom stereocenters. The van der Waals surface area contributed by atoms with Crippen LogP contribution >= 0.6 is 23.2 Å². The van der Waals surface area contributed by atoms with Gasteiger partial charge in [-0.25, -0.2) is 0 Å². The molecular weight excluding hydrogens is 359 g/mol. The van der Waals surface area contributed by atoms with Crippen LogP contribution in [0.25, 0.3) is 0 Å². The Morgan fingerprint density at radius 1 is 1.08 bits per heavy atom. The summed E-state index contributed by atoms with van der Waals surface area (Å²) in [4.78, 5) is 28.0. The Kier molecular flexibility index (Phi) is 5.30. The molecule has 2 amide bonds. The summed E-state index contributed by atoms with van der Waals surface area (Å²) in [5.41, 5.74) is 2.58. The average molecular weight is 377 g/mol. The molecule has 6 heteroatoms. The summed E-state index contributed by atoms with van der Waals surface area (Å²) >= 11 is 12.4. The van der Waals surface area contributed by atoms with Crippen LogP contribution in [0.5, 0.6) is 0 Å². The molecule has 0 bridgehead atoms. The monoisotopic (exact) mass is 376 g/mol. The second-order valence-corrected chi connectivity index (χ2v) is 6.73. The maximum absolute atomic E-state index is 12.7. The highest BCUT2D eigenvalue weighted by molar-refractivity contribution is 6.39. The molecule has 0 saturated heterocycles. The van der Waals surface area contributed by atoms with Gasteiger partial charge in [0.1, 0.15) is 0 Å². The molecule has 0 N–H and O–H groups in total. The molecule has 0 fully saturated rings. The number of hydrogen-bond donors (Lipinski definition) is 0. The van der Waals surface area contributed by atoms with Crippen molar-refractivity contribution in [2.45, 2.75) is 19.8 Å². The predicted molar refractivity (Wildman–Crippen MR) is 102 cm³/mol.